The quantitative estimate of drug-likeness (QED) is 0.285. The van der Waals surface area contributed by atoms with Crippen LogP contribution in [0, 0.1) is 0 Å². The molecule has 3 aromatic rings. The Bertz CT molecular complexity index is 1560. The van der Waals surface area contributed by atoms with Gasteiger partial charge in [-0.15, -0.1) is 0 Å². The van der Waals surface area contributed by atoms with Crippen LogP contribution in [0.5, 0.6) is 5.75 Å². The molecule has 0 radical (unpaired) electrons. The van der Waals surface area contributed by atoms with Crippen molar-refractivity contribution in [2.75, 3.05) is 43.6 Å². The van der Waals surface area contributed by atoms with E-state index in [9.17, 15) is 31.5 Å². The van der Waals surface area contributed by atoms with Crippen LogP contribution in [0.25, 0.3) is 0 Å². The van der Waals surface area contributed by atoms with Crippen molar-refractivity contribution in [3.05, 3.63) is 89.5 Å². The number of nitrogens with zero attached hydrogens (tertiary/aromatic N) is 1. The number of aliphatic hydroxyl groups is 1. The van der Waals surface area contributed by atoms with Crippen LogP contribution in [0.2, 0.25) is 0 Å². The summed E-state index contributed by atoms with van der Waals surface area (Å²) in [6.45, 7) is 3.21. The molecule has 2 aliphatic rings. The van der Waals surface area contributed by atoms with Gasteiger partial charge in [-0.3, -0.25) is 4.79 Å². The van der Waals surface area contributed by atoms with Crippen molar-refractivity contribution in [3.63, 3.8) is 0 Å². The lowest BCUT2D eigenvalue weighted by atomic mass is 10.1. The highest BCUT2D eigenvalue weighted by atomic mass is 32.2. The summed E-state index contributed by atoms with van der Waals surface area (Å²) in [4.78, 5) is 15.4. The SMILES string of the molecule is CCS(=O)(=O)c1ccc([C@H](CO)NC(=O)c2ccc(N3C[C@H](Oc4ccc(C(F)(F)F)cc4)C[C@H]3CO[C@H]3CCOC3)cc2)cc1. The van der Waals surface area contributed by atoms with Gasteiger partial charge < -0.3 is 29.5 Å². The number of anilines is 1. The van der Waals surface area contributed by atoms with E-state index in [1.54, 1.807) is 43.3 Å². The zero-order valence-corrected chi connectivity index (χ0v) is 26.1. The van der Waals surface area contributed by atoms with Gasteiger partial charge in [0.2, 0.25) is 0 Å². The van der Waals surface area contributed by atoms with Crippen LogP contribution in [0.4, 0.5) is 18.9 Å². The average molecular weight is 663 g/mol. The first-order valence-corrected chi connectivity index (χ1v) is 16.8. The summed E-state index contributed by atoms with van der Waals surface area (Å²) in [6.07, 6.45) is -3.36. The molecule has 3 aromatic carbocycles. The predicted octanol–water partition coefficient (Wildman–Crippen LogP) is 4.79. The fraction of sp³-hybridized carbons (Fsp3) is 0.424. The van der Waals surface area contributed by atoms with Crippen molar-refractivity contribution in [2.24, 2.45) is 0 Å². The van der Waals surface area contributed by atoms with E-state index in [-0.39, 0.29) is 35.5 Å². The van der Waals surface area contributed by atoms with Crippen molar-refractivity contribution in [1.82, 2.24) is 5.32 Å². The number of carbonyl (C=O) groups is 1. The number of aliphatic hydroxyl groups excluding tert-OH is 1. The first-order valence-electron chi connectivity index (χ1n) is 15.1. The van der Waals surface area contributed by atoms with E-state index in [0.717, 1.165) is 24.2 Å². The number of ether oxygens (including phenoxy) is 3. The number of carbonyl (C=O) groups excluding carboxylic acids is 1. The maximum atomic E-state index is 13.1. The number of benzene rings is 3. The molecule has 2 N–H and O–H groups in total. The maximum absolute atomic E-state index is 13.1. The van der Waals surface area contributed by atoms with Gasteiger partial charge >= 0.3 is 6.18 Å². The Morgan fingerprint density at radius 3 is 2.33 bits per heavy atom. The van der Waals surface area contributed by atoms with Gasteiger partial charge in [0.1, 0.15) is 11.9 Å². The summed E-state index contributed by atoms with van der Waals surface area (Å²) in [5.74, 6) is -0.103. The molecular weight excluding hydrogens is 625 g/mol. The fourth-order valence-electron chi connectivity index (χ4n) is 5.59. The van der Waals surface area contributed by atoms with Gasteiger partial charge in [-0.05, 0) is 72.6 Å². The molecule has 0 unspecified atom stereocenters. The van der Waals surface area contributed by atoms with Crippen LogP contribution in [0.3, 0.4) is 0 Å². The van der Waals surface area contributed by atoms with Gasteiger partial charge in [0.05, 0.1) is 60.8 Å². The first-order chi connectivity index (χ1) is 22.0. The van der Waals surface area contributed by atoms with E-state index in [1.165, 1.54) is 24.3 Å². The third-order valence-corrected chi connectivity index (χ3v) is 9.99. The molecule has 9 nitrogen and oxygen atoms in total. The second-order valence-electron chi connectivity index (χ2n) is 11.4. The molecule has 5 rings (SSSR count). The van der Waals surface area contributed by atoms with Gasteiger partial charge in [0, 0.05) is 24.3 Å². The molecule has 2 aliphatic heterocycles. The van der Waals surface area contributed by atoms with Gasteiger partial charge in [0.25, 0.3) is 5.91 Å². The van der Waals surface area contributed by atoms with Crippen LogP contribution in [0.15, 0.2) is 77.7 Å². The maximum Gasteiger partial charge on any atom is 0.416 e. The number of rotatable bonds is 12. The highest BCUT2D eigenvalue weighted by molar-refractivity contribution is 7.91. The molecule has 2 heterocycles. The molecule has 0 spiro atoms. The van der Waals surface area contributed by atoms with Gasteiger partial charge in [-0.1, -0.05) is 19.1 Å². The summed E-state index contributed by atoms with van der Waals surface area (Å²) in [5, 5.41) is 12.7. The summed E-state index contributed by atoms with van der Waals surface area (Å²) in [5.41, 5.74) is 1.000. The van der Waals surface area contributed by atoms with E-state index in [1.807, 2.05) is 0 Å². The molecule has 2 saturated heterocycles. The second-order valence-corrected chi connectivity index (χ2v) is 13.6. The minimum absolute atomic E-state index is 0.00507. The van der Waals surface area contributed by atoms with Crippen molar-refractivity contribution >= 4 is 21.4 Å². The second kappa shape index (κ2) is 14.4. The minimum Gasteiger partial charge on any atom is -0.489 e. The Morgan fingerprint density at radius 1 is 1.04 bits per heavy atom. The van der Waals surface area contributed by atoms with Crippen LogP contribution in [-0.4, -0.2) is 76.4 Å². The third-order valence-electron chi connectivity index (χ3n) is 8.24. The molecular formula is C33H37F3N2O7S. The molecule has 13 heteroatoms. The largest absolute Gasteiger partial charge is 0.489 e. The smallest absolute Gasteiger partial charge is 0.416 e. The van der Waals surface area contributed by atoms with E-state index >= 15 is 0 Å². The average Bonchev–Trinajstić information content (AvgIpc) is 3.72. The number of alkyl halides is 3. The van der Waals surface area contributed by atoms with E-state index in [4.69, 9.17) is 14.2 Å². The summed E-state index contributed by atoms with van der Waals surface area (Å²) in [7, 11) is -3.38. The van der Waals surface area contributed by atoms with Gasteiger partial charge in [-0.25, -0.2) is 8.42 Å². The zero-order valence-electron chi connectivity index (χ0n) is 25.3. The van der Waals surface area contributed by atoms with Crippen LogP contribution >= 0.6 is 0 Å². The molecule has 0 saturated carbocycles. The van der Waals surface area contributed by atoms with Crippen molar-refractivity contribution in [2.45, 2.75) is 55.1 Å². The fourth-order valence-corrected chi connectivity index (χ4v) is 6.48. The highest BCUT2D eigenvalue weighted by Gasteiger charge is 2.35. The normalized spacial score (nSPS) is 20.9. The lowest BCUT2D eigenvalue weighted by Gasteiger charge is -2.27. The van der Waals surface area contributed by atoms with E-state index in [0.29, 0.717) is 49.7 Å². The number of sulfone groups is 1. The van der Waals surface area contributed by atoms with Crippen molar-refractivity contribution in [3.8, 4) is 5.75 Å². The number of nitrogens with one attached hydrogen (secondary N) is 1. The van der Waals surface area contributed by atoms with Crippen molar-refractivity contribution in [1.29, 1.82) is 0 Å². The standard InChI is InChI=1S/C33H37F3N2O7S/c1-2-46(41,42)30-13-5-22(6-14-30)31(19-39)37-32(40)23-3-9-25(10-4-23)38-18-29(17-26(38)20-44-28-15-16-43-21-28)45-27-11-7-24(8-12-27)33(34,35)36/h3-14,26,28-29,31,39H,2,15-21H2,1H3,(H,37,40)/t26-,28-,29+,31-/m0/s1. The molecule has 2 fully saturated rings. The van der Waals surface area contributed by atoms with Crippen LogP contribution in [0.1, 0.15) is 47.3 Å². The lowest BCUT2D eigenvalue weighted by molar-refractivity contribution is -0.137. The Hall–Kier alpha value is -3.65. The first kappa shape index (κ1) is 33.7. The molecule has 46 heavy (non-hydrogen) atoms. The summed E-state index contributed by atoms with van der Waals surface area (Å²) >= 11 is 0. The third kappa shape index (κ3) is 8.19. The van der Waals surface area contributed by atoms with E-state index in [2.05, 4.69) is 10.2 Å². The van der Waals surface area contributed by atoms with Crippen molar-refractivity contribution < 1.29 is 45.7 Å². The van der Waals surface area contributed by atoms with Crippen LogP contribution < -0.4 is 15.0 Å². The van der Waals surface area contributed by atoms with E-state index < -0.39 is 33.5 Å². The molecule has 248 valence electrons. The number of hydrogen-bond donors (Lipinski definition) is 2. The van der Waals surface area contributed by atoms with Gasteiger partial charge in [0.15, 0.2) is 9.84 Å². The monoisotopic (exact) mass is 662 g/mol. The lowest BCUT2D eigenvalue weighted by Crippen LogP contribution is -2.35. The number of hydrogen-bond acceptors (Lipinski definition) is 8. The Balaban J connectivity index is 1.26. The summed E-state index contributed by atoms with van der Waals surface area (Å²) in [6, 6.07) is 16.8. The predicted molar refractivity (Wildman–Crippen MR) is 165 cm³/mol. The molecule has 4 atom stereocenters. The summed E-state index contributed by atoms with van der Waals surface area (Å²) < 4.78 is 80.8. The number of halogens is 3. The molecule has 0 bridgehead atoms. The Morgan fingerprint density at radius 2 is 1.74 bits per heavy atom. The minimum atomic E-state index is -4.43. The molecule has 1 amide bonds. The Labute approximate surface area is 266 Å². The topological polar surface area (TPSA) is 114 Å². The Kier molecular flexibility index (Phi) is 10.6. The van der Waals surface area contributed by atoms with Gasteiger partial charge in [-0.2, -0.15) is 13.2 Å². The molecule has 0 aliphatic carbocycles. The zero-order chi connectivity index (χ0) is 32.9. The highest BCUT2D eigenvalue weighted by Crippen LogP contribution is 2.33. The molecule has 0 aromatic heterocycles. The van der Waals surface area contributed by atoms with Crippen LogP contribution in [-0.2, 0) is 25.5 Å². The number of amides is 1.